The highest BCUT2D eigenvalue weighted by Gasteiger charge is 2.16. The second-order valence-corrected chi connectivity index (χ2v) is 5.72. The van der Waals surface area contributed by atoms with Crippen molar-refractivity contribution in [1.82, 2.24) is 4.90 Å². The lowest BCUT2D eigenvalue weighted by Gasteiger charge is -2.26. The summed E-state index contributed by atoms with van der Waals surface area (Å²) in [5.41, 5.74) is 0.976. The monoisotopic (exact) mass is 293 g/mol. The first-order valence-corrected chi connectivity index (χ1v) is 6.70. The van der Waals surface area contributed by atoms with Crippen molar-refractivity contribution in [2.24, 2.45) is 0 Å². The van der Waals surface area contributed by atoms with Crippen molar-refractivity contribution in [3.63, 3.8) is 0 Å². The van der Waals surface area contributed by atoms with Gasteiger partial charge in [0.1, 0.15) is 5.75 Å². The highest BCUT2D eigenvalue weighted by molar-refractivity contribution is 5.85. The Morgan fingerprint density at radius 2 is 2.10 bits per heavy atom. The van der Waals surface area contributed by atoms with Crippen molar-refractivity contribution in [1.29, 1.82) is 0 Å². The van der Waals surface area contributed by atoms with Crippen molar-refractivity contribution in [3.05, 3.63) is 35.4 Å². The number of aliphatic carboxylic acids is 1. The van der Waals surface area contributed by atoms with Crippen LogP contribution in [0.15, 0.2) is 24.3 Å². The Hall–Kier alpha value is -1.85. The Morgan fingerprint density at radius 1 is 1.43 bits per heavy atom. The van der Waals surface area contributed by atoms with Gasteiger partial charge in [-0.25, -0.2) is 4.79 Å². The molecule has 0 unspecified atom stereocenters. The van der Waals surface area contributed by atoms with E-state index in [-0.39, 0.29) is 0 Å². The largest absolute Gasteiger partial charge is 0.497 e. The van der Waals surface area contributed by atoms with Crippen molar-refractivity contribution >= 4 is 12.0 Å². The number of aliphatic hydroxyl groups is 1. The van der Waals surface area contributed by atoms with Gasteiger partial charge in [-0.1, -0.05) is 6.07 Å². The van der Waals surface area contributed by atoms with Crippen LogP contribution >= 0.6 is 0 Å². The highest BCUT2D eigenvalue weighted by Crippen LogP contribution is 2.21. The Balaban J connectivity index is 2.98. The van der Waals surface area contributed by atoms with E-state index in [1.54, 1.807) is 33.1 Å². The van der Waals surface area contributed by atoms with Gasteiger partial charge in [0.05, 0.1) is 12.7 Å². The van der Waals surface area contributed by atoms with Gasteiger partial charge >= 0.3 is 5.97 Å². The fourth-order valence-corrected chi connectivity index (χ4v) is 2.18. The molecule has 0 atom stereocenters. The highest BCUT2D eigenvalue weighted by atomic mass is 16.5. The molecule has 1 aromatic carbocycles. The van der Waals surface area contributed by atoms with Crippen LogP contribution in [0.1, 0.15) is 25.0 Å². The number of hydrogen-bond acceptors (Lipinski definition) is 4. The number of methoxy groups -OCH3 is 1. The smallest absolute Gasteiger partial charge is 0.328 e. The topological polar surface area (TPSA) is 70.0 Å². The molecule has 0 aromatic heterocycles. The molecule has 116 valence electrons. The maximum Gasteiger partial charge on any atom is 0.328 e. The lowest BCUT2D eigenvalue weighted by Crippen LogP contribution is -2.35. The van der Waals surface area contributed by atoms with Gasteiger partial charge in [-0.3, -0.25) is 4.90 Å². The number of hydrogen-bond donors (Lipinski definition) is 2. The minimum absolute atomic E-state index is 0.506. The molecule has 0 aliphatic rings. The lowest BCUT2D eigenvalue weighted by atomic mass is 10.0. The number of benzene rings is 1. The van der Waals surface area contributed by atoms with E-state index in [0.29, 0.717) is 18.8 Å². The van der Waals surface area contributed by atoms with E-state index in [1.807, 2.05) is 24.1 Å². The summed E-state index contributed by atoms with van der Waals surface area (Å²) >= 11 is 0. The summed E-state index contributed by atoms with van der Waals surface area (Å²) in [6.07, 6.45) is 2.68. The van der Waals surface area contributed by atoms with Gasteiger partial charge < -0.3 is 14.9 Å². The van der Waals surface area contributed by atoms with Crippen molar-refractivity contribution in [2.45, 2.75) is 26.0 Å². The maximum absolute atomic E-state index is 10.7. The van der Waals surface area contributed by atoms with E-state index in [4.69, 9.17) is 9.84 Å². The van der Waals surface area contributed by atoms with Crippen LogP contribution in [-0.2, 0) is 11.3 Å². The number of ether oxygens (including phenoxy) is 1. The molecule has 21 heavy (non-hydrogen) atoms. The summed E-state index contributed by atoms with van der Waals surface area (Å²) in [5.74, 6) is -0.268. The molecule has 0 aliphatic heterocycles. The van der Waals surface area contributed by atoms with E-state index in [0.717, 1.165) is 17.2 Å². The molecule has 2 N–H and O–H groups in total. The zero-order chi connectivity index (χ0) is 16.0. The van der Waals surface area contributed by atoms with Crippen molar-refractivity contribution in [3.8, 4) is 5.75 Å². The fourth-order valence-electron chi connectivity index (χ4n) is 2.18. The Morgan fingerprint density at radius 3 is 2.62 bits per heavy atom. The first kappa shape index (κ1) is 17.2. The van der Waals surface area contributed by atoms with Gasteiger partial charge in [-0.2, -0.15) is 0 Å². The summed E-state index contributed by atoms with van der Waals surface area (Å²) in [5, 5.41) is 18.6. The summed E-state index contributed by atoms with van der Waals surface area (Å²) in [6, 6.07) is 5.49. The first-order valence-electron chi connectivity index (χ1n) is 6.70. The van der Waals surface area contributed by atoms with E-state index < -0.39 is 11.6 Å². The van der Waals surface area contributed by atoms with Gasteiger partial charge in [0.2, 0.25) is 0 Å². The Kier molecular flexibility index (Phi) is 5.93. The molecular weight excluding hydrogens is 270 g/mol. The van der Waals surface area contributed by atoms with Gasteiger partial charge in [0.15, 0.2) is 0 Å². The van der Waals surface area contributed by atoms with E-state index >= 15 is 0 Å². The molecular formula is C16H23NO4. The molecule has 0 aliphatic carbocycles. The standard InChI is InChI=1S/C16H23NO4/c1-16(2,20)11-17(3)10-13-9-14(21-4)7-5-12(13)6-8-15(18)19/h5-9,20H,10-11H2,1-4H3,(H,18,19). The number of likely N-dealkylation sites (N-methyl/N-ethyl adjacent to an activating group) is 1. The van der Waals surface area contributed by atoms with Crippen LogP contribution in [0.2, 0.25) is 0 Å². The van der Waals surface area contributed by atoms with Crippen LogP contribution in [0, 0.1) is 0 Å². The number of carboxylic acids is 1. The van der Waals surface area contributed by atoms with Crippen molar-refractivity contribution in [2.75, 3.05) is 20.7 Å². The van der Waals surface area contributed by atoms with Crippen LogP contribution in [0.4, 0.5) is 0 Å². The number of carboxylic acid groups (broad SMARTS) is 1. The minimum atomic E-state index is -0.985. The van der Waals surface area contributed by atoms with Crippen LogP contribution in [-0.4, -0.2) is 47.4 Å². The molecule has 0 saturated carbocycles. The third-order valence-corrected chi connectivity index (χ3v) is 2.85. The normalized spacial score (nSPS) is 12.1. The second-order valence-electron chi connectivity index (χ2n) is 5.72. The molecule has 0 spiro atoms. The molecule has 0 bridgehead atoms. The molecule has 5 nitrogen and oxygen atoms in total. The minimum Gasteiger partial charge on any atom is -0.497 e. The Labute approximate surface area is 125 Å². The number of nitrogens with zero attached hydrogens (tertiary/aromatic N) is 1. The molecule has 0 radical (unpaired) electrons. The summed E-state index contributed by atoms with van der Waals surface area (Å²) in [6.45, 7) is 4.59. The second kappa shape index (κ2) is 7.24. The van der Waals surface area contributed by atoms with Crippen LogP contribution in [0.5, 0.6) is 5.75 Å². The molecule has 0 saturated heterocycles. The quantitative estimate of drug-likeness (QED) is 0.752. The number of carbonyl (C=O) groups is 1. The van der Waals surface area contributed by atoms with Crippen molar-refractivity contribution < 1.29 is 19.7 Å². The summed E-state index contributed by atoms with van der Waals surface area (Å²) in [7, 11) is 3.49. The van der Waals surface area contributed by atoms with Gasteiger partial charge in [0.25, 0.3) is 0 Å². The molecule has 0 heterocycles. The summed E-state index contributed by atoms with van der Waals surface area (Å²) in [4.78, 5) is 12.6. The lowest BCUT2D eigenvalue weighted by molar-refractivity contribution is -0.131. The molecule has 1 aromatic rings. The van der Waals surface area contributed by atoms with E-state index in [9.17, 15) is 9.90 Å². The molecule has 0 amide bonds. The zero-order valence-corrected chi connectivity index (χ0v) is 13.0. The SMILES string of the molecule is COc1ccc(C=CC(=O)O)c(CN(C)CC(C)(C)O)c1. The average Bonchev–Trinajstić information content (AvgIpc) is 2.34. The third-order valence-electron chi connectivity index (χ3n) is 2.85. The Bertz CT molecular complexity index is 517. The zero-order valence-electron chi connectivity index (χ0n) is 13.0. The predicted octanol–water partition coefficient (Wildman–Crippen LogP) is 2.00. The fraction of sp³-hybridized carbons (Fsp3) is 0.438. The van der Waals surface area contributed by atoms with Gasteiger partial charge in [-0.15, -0.1) is 0 Å². The van der Waals surface area contributed by atoms with E-state index in [2.05, 4.69) is 0 Å². The number of rotatable bonds is 7. The molecule has 5 heteroatoms. The van der Waals surface area contributed by atoms with Gasteiger partial charge in [-0.05, 0) is 50.2 Å². The average molecular weight is 293 g/mol. The molecule has 1 rings (SSSR count). The summed E-state index contributed by atoms with van der Waals surface area (Å²) < 4.78 is 5.21. The first-order chi connectivity index (χ1) is 9.71. The van der Waals surface area contributed by atoms with Gasteiger partial charge in [0, 0.05) is 19.2 Å². The van der Waals surface area contributed by atoms with E-state index in [1.165, 1.54) is 0 Å². The predicted molar refractivity (Wildman–Crippen MR) is 82.3 cm³/mol. The maximum atomic E-state index is 10.7. The van der Waals surface area contributed by atoms with Crippen LogP contribution in [0.25, 0.3) is 6.08 Å². The van der Waals surface area contributed by atoms with Crippen LogP contribution < -0.4 is 4.74 Å². The molecule has 0 fully saturated rings. The third kappa shape index (κ3) is 6.42. The van der Waals surface area contributed by atoms with Crippen LogP contribution in [0.3, 0.4) is 0 Å².